The maximum absolute atomic E-state index is 9.28. The highest BCUT2D eigenvalue weighted by molar-refractivity contribution is 5.40. The van der Waals surface area contributed by atoms with Crippen molar-refractivity contribution in [3.63, 3.8) is 0 Å². The number of aliphatic hydroxyl groups excluding tert-OH is 1. The van der Waals surface area contributed by atoms with Crippen molar-refractivity contribution < 1.29 is 9.84 Å². The Kier molecular flexibility index (Phi) is 2.46. The SMILES string of the molecule is CC(O)Cc1ccc2c(c1)CC(C)O2. The largest absolute Gasteiger partial charge is 0.490 e. The van der Waals surface area contributed by atoms with Crippen molar-refractivity contribution >= 4 is 0 Å². The van der Waals surface area contributed by atoms with Gasteiger partial charge in [-0.15, -0.1) is 0 Å². The van der Waals surface area contributed by atoms with Gasteiger partial charge >= 0.3 is 0 Å². The van der Waals surface area contributed by atoms with E-state index in [1.54, 1.807) is 0 Å². The smallest absolute Gasteiger partial charge is 0.123 e. The van der Waals surface area contributed by atoms with Crippen LogP contribution in [0, 0.1) is 0 Å². The van der Waals surface area contributed by atoms with Crippen LogP contribution >= 0.6 is 0 Å². The number of ether oxygens (including phenoxy) is 1. The van der Waals surface area contributed by atoms with E-state index < -0.39 is 0 Å². The summed E-state index contributed by atoms with van der Waals surface area (Å²) in [5.74, 6) is 1.01. The van der Waals surface area contributed by atoms with Gasteiger partial charge in [-0.1, -0.05) is 12.1 Å². The van der Waals surface area contributed by atoms with E-state index in [-0.39, 0.29) is 6.10 Å². The van der Waals surface area contributed by atoms with Crippen LogP contribution in [0.15, 0.2) is 18.2 Å². The van der Waals surface area contributed by atoms with Crippen LogP contribution in [0.1, 0.15) is 25.0 Å². The van der Waals surface area contributed by atoms with Gasteiger partial charge in [0.15, 0.2) is 0 Å². The van der Waals surface area contributed by atoms with Gasteiger partial charge in [0, 0.05) is 6.42 Å². The van der Waals surface area contributed by atoms with Gasteiger partial charge in [-0.2, -0.15) is 0 Å². The summed E-state index contributed by atoms with van der Waals surface area (Å²) in [6.45, 7) is 3.89. The van der Waals surface area contributed by atoms with Crippen LogP contribution in [-0.4, -0.2) is 17.3 Å². The van der Waals surface area contributed by atoms with Gasteiger partial charge in [-0.3, -0.25) is 0 Å². The summed E-state index contributed by atoms with van der Waals surface area (Å²) in [5.41, 5.74) is 2.46. The van der Waals surface area contributed by atoms with E-state index in [1.807, 2.05) is 19.1 Å². The molecule has 2 nitrogen and oxygen atoms in total. The van der Waals surface area contributed by atoms with Crippen molar-refractivity contribution in [3.05, 3.63) is 29.3 Å². The molecule has 0 radical (unpaired) electrons. The number of hydrogen-bond donors (Lipinski definition) is 1. The molecule has 1 heterocycles. The zero-order chi connectivity index (χ0) is 10.1. The molecule has 1 aliphatic rings. The van der Waals surface area contributed by atoms with Crippen LogP contribution in [0.4, 0.5) is 0 Å². The van der Waals surface area contributed by atoms with E-state index in [0.29, 0.717) is 6.10 Å². The molecule has 1 aromatic carbocycles. The van der Waals surface area contributed by atoms with Gasteiger partial charge in [-0.25, -0.2) is 0 Å². The number of benzene rings is 1. The lowest BCUT2D eigenvalue weighted by Gasteiger charge is -2.06. The molecule has 0 bridgehead atoms. The summed E-state index contributed by atoms with van der Waals surface area (Å²) in [4.78, 5) is 0. The summed E-state index contributed by atoms with van der Waals surface area (Å²) in [5, 5.41) is 9.28. The zero-order valence-electron chi connectivity index (χ0n) is 8.66. The molecule has 2 heteroatoms. The predicted octanol–water partition coefficient (Wildman–Crippen LogP) is 1.93. The fraction of sp³-hybridized carbons (Fsp3) is 0.500. The Morgan fingerprint density at radius 1 is 1.57 bits per heavy atom. The highest BCUT2D eigenvalue weighted by Gasteiger charge is 2.18. The molecule has 1 N–H and O–H groups in total. The van der Waals surface area contributed by atoms with E-state index in [0.717, 1.165) is 18.6 Å². The average Bonchev–Trinajstić information content (AvgIpc) is 2.42. The zero-order valence-corrected chi connectivity index (χ0v) is 8.66. The second kappa shape index (κ2) is 3.62. The number of rotatable bonds is 2. The van der Waals surface area contributed by atoms with Crippen LogP contribution < -0.4 is 4.74 Å². The normalized spacial score (nSPS) is 21.5. The first-order chi connectivity index (χ1) is 6.65. The molecule has 0 aliphatic carbocycles. The van der Waals surface area contributed by atoms with Crippen molar-refractivity contribution in [2.45, 2.75) is 38.9 Å². The molecule has 14 heavy (non-hydrogen) atoms. The van der Waals surface area contributed by atoms with Crippen molar-refractivity contribution in [1.82, 2.24) is 0 Å². The van der Waals surface area contributed by atoms with E-state index in [2.05, 4.69) is 13.0 Å². The number of fused-ring (bicyclic) bond motifs is 1. The molecular weight excluding hydrogens is 176 g/mol. The summed E-state index contributed by atoms with van der Waals surface area (Å²) in [7, 11) is 0. The molecule has 0 aromatic heterocycles. The van der Waals surface area contributed by atoms with Crippen LogP contribution in [0.5, 0.6) is 5.75 Å². The second-order valence-electron chi connectivity index (χ2n) is 4.13. The Bertz CT molecular complexity index is 331. The fourth-order valence-electron chi connectivity index (χ4n) is 1.94. The van der Waals surface area contributed by atoms with Crippen molar-refractivity contribution in [3.8, 4) is 5.75 Å². The van der Waals surface area contributed by atoms with E-state index in [9.17, 15) is 5.11 Å². The Labute approximate surface area is 84.5 Å². The van der Waals surface area contributed by atoms with E-state index >= 15 is 0 Å². The summed E-state index contributed by atoms with van der Waals surface area (Å²) in [6.07, 6.45) is 1.74. The fourth-order valence-corrected chi connectivity index (χ4v) is 1.94. The van der Waals surface area contributed by atoms with Crippen molar-refractivity contribution in [2.24, 2.45) is 0 Å². The maximum atomic E-state index is 9.28. The predicted molar refractivity (Wildman–Crippen MR) is 55.6 cm³/mol. The lowest BCUT2D eigenvalue weighted by molar-refractivity contribution is 0.195. The second-order valence-corrected chi connectivity index (χ2v) is 4.13. The topological polar surface area (TPSA) is 29.5 Å². The third-order valence-corrected chi connectivity index (χ3v) is 2.49. The highest BCUT2D eigenvalue weighted by atomic mass is 16.5. The van der Waals surface area contributed by atoms with Crippen LogP contribution in [-0.2, 0) is 12.8 Å². The van der Waals surface area contributed by atoms with Crippen molar-refractivity contribution in [2.75, 3.05) is 0 Å². The minimum atomic E-state index is -0.271. The molecule has 2 atom stereocenters. The van der Waals surface area contributed by atoms with E-state index in [4.69, 9.17) is 4.74 Å². The van der Waals surface area contributed by atoms with Gasteiger partial charge < -0.3 is 9.84 Å². The molecular formula is C12H16O2. The summed E-state index contributed by atoms with van der Waals surface area (Å²) < 4.78 is 5.60. The lowest BCUT2D eigenvalue weighted by Crippen LogP contribution is -2.05. The Morgan fingerprint density at radius 3 is 3.07 bits per heavy atom. The van der Waals surface area contributed by atoms with Gasteiger partial charge in [-0.05, 0) is 37.5 Å². The highest BCUT2D eigenvalue weighted by Crippen LogP contribution is 2.29. The van der Waals surface area contributed by atoms with Gasteiger partial charge in [0.25, 0.3) is 0 Å². The van der Waals surface area contributed by atoms with Gasteiger partial charge in [0.1, 0.15) is 11.9 Å². The minimum absolute atomic E-state index is 0.271. The average molecular weight is 192 g/mol. The Hall–Kier alpha value is -1.02. The molecule has 0 spiro atoms. The molecule has 0 saturated carbocycles. The first-order valence-electron chi connectivity index (χ1n) is 5.11. The summed E-state index contributed by atoms with van der Waals surface area (Å²) >= 11 is 0. The Balaban J connectivity index is 2.20. The molecule has 0 amide bonds. The number of aliphatic hydroxyl groups is 1. The summed E-state index contributed by atoms with van der Waals surface area (Å²) in [6, 6.07) is 6.19. The minimum Gasteiger partial charge on any atom is -0.490 e. The third kappa shape index (κ3) is 1.90. The first-order valence-corrected chi connectivity index (χ1v) is 5.11. The quantitative estimate of drug-likeness (QED) is 0.776. The van der Waals surface area contributed by atoms with Gasteiger partial charge in [0.05, 0.1) is 6.10 Å². The molecule has 0 fully saturated rings. The number of hydrogen-bond acceptors (Lipinski definition) is 2. The van der Waals surface area contributed by atoms with E-state index in [1.165, 1.54) is 11.1 Å². The molecule has 0 saturated heterocycles. The molecule has 1 aliphatic heterocycles. The van der Waals surface area contributed by atoms with Crippen molar-refractivity contribution in [1.29, 1.82) is 0 Å². The standard InChI is InChI=1S/C12H16O2/c1-8(13)5-10-3-4-12-11(7-10)6-9(2)14-12/h3-4,7-9,13H,5-6H2,1-2H3. The van der Waals surface area contributed by atoms with Crippen LogP contribution in [0.2, 0.25) is 0 Å². The van der Waals surface area contributed by atoms with Gasteiger partial charge in [0.2, 0.25) is 0 Å². The molecule has 2 rings (SSSR count). The monoisotopic (exact) mass is 192 g/mol. The molecule has 1 aromatic rings. The Morgan fingerprint density at radius 2 is 2.36 bits per heavy atom. The lowest BCUT2D eigenvalue weighted by atomic mass is 10.0. The van der Waals surface area contributed by atoms with Crippen LogP contribution in [0.25, 0.3) is 0 Å². The first kappa shape index (κ1) is 9.53. The molecule has 2 unspecified atom stereocenters. The maximum Gasteiger partial charge on any atom is 0.123 e. The third-order valence-electron chi connectivity index (χ3n) is 2.49. The van der Waals surface area contributed by atoms with Crippen LogP contribution in [0.3, 0.4) is 0 Å². The molecule has 76 valence electrons.